The Morgan fingerprint density at radius 1 is 1.38 bits per heavy atom. The normalized spacial score (nSPS) is 18.5. The van der Waals surface area contributed by atoms with Crippen molar-refractivity contribution in [3.8, 4) is 11.5 Å². The Balaban J connectivity index is 1.98. The molecule has 0 spiro atoms. The highest BCUT2D eigenvalue weighted by molar-refractivity contribution is 5.47. The molecular weight excluding hydrogens is 296 g/mol. The minimum atomic E-state index is 0.241. The van der Waals surface area contributed by atoms with Crippen LogP contribution in [0.1, 0.15) is 71.4 Å². The van der Waals surface area contributed by atoms with Crippen molar-refractivity contribution in [3.63, 3.8) is 0 Å². The van der Waals surface area contributed by atoms with Gasteiger partial charge in [-0.2, -0.15) is 0 Å². The topological polar surface area (TPSA) is 29.5 Å². The summed E-state index contributed by atoms with van der Waals surface area (Å²) < 4.78 is 6.29. The molecule has 2 nitrogen and oxygen atoms in total. The van der Waals surface area contributed by atoms with Gasteiger partial charge in [-0.1, -0.05) is 39.3 Å². The van der Waals surface area contributed by atoms with Crippen LogP contribution in [0.5, 0.6) is 11.5 Å². The molecular formula is C22H34O2. The molecule has 0 aliphatic carbocycles. The van der Waals surface area contributed by atoms with Gasteiger partial charge in [-0.3, -0.25) is 0 Å². The van der Waals surface area contributed by atoms with E-state index in [0.717, 1.165) is 48.5 Å². The van der Waals surface area contributed by atoms with Crippen LogP contribution in [0.3, 0.4) is 0 Å². The van der Waals surface area contributed by atoms with Crippen molar-refractivity contribution in [2.75, 3.05) is 0 Å². The lowest BCUT2D eigenvalue weighted by Crippen LogP contribution is -2.29. The molecule has 24 heavy (non-hydrogen) atoms. The van der Waals surface area contributed by atoms with E-state index in [1.54, 1.807) is 6.07 Å². The summed E-state index contributed by atoms with van der Waals surface area (Å²) in [7, 11) is 0. The summed E-state index contributed by atoms with van der Waals surface area (Å²) in [5.74, 6) is 2.06. The summed E-state index contributed by atoms with van der Waals surface area (Å²) >= 11 is 0. The summed E-state index contributed by atoms with van der Waals surface area (Å²) in [5, 5.41) is 9.74. The molecule has 1 aliphatic rings. The molecule has 0 radical (unpaired) electrons. The molecule has 1 aliphatic heterocycles. The zero-order chi connectivity index (χ0) is 17.9. The molecule has 0 saturated carbocycles. The molecule has 0 bridgehead atoms. The molecule has 1 N–H and O–H groups in total. The molecule has 1 unspecified atom stereocenters. The maximum atomic E-state index is 9.74. The molecule has 2 heteroatoms. The quantitative estimate of drug-likeness (QED) is 0.630. The predicted molar refractivity (Wildman–Crippen MR) is 102 cm³/mol. The Labute approximate surface area is 147 Å². The van der Waals surface area contributed by atoms with E-state index in [1.807, 2.05) is 13.0 Å². The van der Waals surface area contributed by atoms with E-state index in [0.29, 0.717) is 5.75 Å². The number of aryl methyl sites for hydroxylation is 2. The second kappa shape index (κ2) is 7.63. The van der Waals surface area contributed by atoms with Crippen LogP contribution in [0, 0.1) is 18.3 Å². The molecule has 2 rings (SSSR count). The van der Waals surface area contributed by atoms with Crippen LogP contribution in [0.25, 0.3) is 0 Å². The van der Waals surface area contributed by atoms with Crippen LogP contribution in [0.2, 0.25) is 0 Å². The second-order valence-corrected chi connectivity index (χ2v) is 8.75. The molecule has 134 valence electrons. The number of benzene rings is 1. The summed E-state index contributed by atoms with van der Waals surface area (Å²) in [6.07, 6.45) is 8.08. The molecule has 0 saturated heterocycles. The van der Waals surface area contributed by atoms with E-state index in [-0.39, 0.29) is 11.5 Å². The average Bonchev–Trinajstić information content (AvgIpc) is 2.45. The zero-order valence-corrected chi connectivity index (χ0v) is 16.3. The number of hydrogen-bond acceptors (Lipinski definition) is 2. The largest absolute Gasteiger partial charge is 0.508 e. The lowest BCUT2D eigenvalue weighted by Gasteiger charge is -2.33. The molecule has 0 fully saturated rings. The van der Waals surface area contributed by atoms with Crippen molar-refractivity contribution in [2.24, 2.45) is 11.3 Å². The Morgan fingerprint density at radius 2 is 2.08 bits per heavy atom. The van der Waals surface area contributed by atoms with E-state index < -0.39 is 0 Å². The molecule has 1 atom stereocenters. The average molecular weight is 331 g/mol. The fraction of sp³-hybridized carbons (Fsp3) is 0.636. The van der Waals surface area contributed by atoms with E-state index in [4.69, 9.17) is 4.74 Å². The SMILES string of the molecule is C/C(=C\CC(C)(C)CC1CCc2cc(O)cc(C)c2O1)CC(C)C. The Morgan fingerprint density at radius 3 is 2.75 bits per heavy atom. The van der Waals surface area contributed by atoms with Crippen molar-refractivity contribution >= 4 is 0 Å². The number of phenols is 1. The van der Waals surface area contributed by atoms with Gasteiger partial charge in [0, 0.05) is 0 Å². The molecule has 0 amide bonds. The third-order valence-corrected chi connectivity index (χ3v) is 4.87. The van der Waals surface area contributed by atoms with Gasteiger partial charge in [0.1, 0.15) is 11.5 Å². The monoisotopic (exact) mass is 330 g/mol. The summed E-state index contributed by atoms with van der Waals surface area (Å²) in [6, 6.07) is 3.64. The maximum Gasteiger partial charge on any atom is 0.126 e. The highest BCUT2D eigenvalue weighted by Crippen LogP contribution is 2.38. The number of fused-ring (bicyclic) bond motifs is 1. The van der Waals surface area contributed by atoms with E-state index in [1.165, 1.54) is 12.0 Å². The molecule has 1 heterocycles. The lowest BCUT2D eigenvalue weighted by molar-refractivity contribution is 0.115. The fourth-order valence-corrected chi connectivity index (χ4v) is 3.74. The predicted octanol–water partition coefficient (Wildman–Crippen LogP) is 6.19. The standard InChI is InChI=1S/C22H34O2/c1-15(2)11-16(3)9-10-22(5,6)14-20-8-7-18-13-19(23)12-17(4)21(18)24-20/h9,12-13,15,20,23H,7-8,10-11,14H2,1-6H3/b16-9+. The van der Waals surface area contributed by atoms with Gasteiger partial charge in [0.2, 0.25) is 0 Å². The number of aromatic hydroxyl groups is 1. The first kappa shape index (κ1) is 18.9. The van der Waals surface area contributed by atoms with Crippen LogP contribution in [-0.2, 0) is 6.42 Å². The van der Waals surface area contributed by atoms with Crippen molar-refractivity contribution in [2.45, 2.75) is 79.8 Å². The molecule has 1 aromatic carbocycles. The van der Waals surface area contributed by atoms with Gasteiger partial charge >= 0.3 is 0 Å². The van der Waals surface area contributed by atoms with Gasteiger partial charge < -0.3 is 9.84 Å². The Kier molecular flexibility index (Phi) is 6.01. The molecule has 0 aromatic heterocycles. The number of rotatable bonds is 6. The summed E-state index contributed by atoms with van der Waals surface area (Å²) in [5.41, 5.74) is 3.93. The maximum absolute atomic E-state index is 9.74. The van der Waals surface area contributed by atoms with Gasteiger partial charge in [-0.05, 0) is 80.5 Å². The van der Waals surface area contributed by atoms with E-state index in [2.05, 4.69) is 40.7 Å². The van der Waals surface area contributed by atoms with Crippen LogP contribution in [0.15, 0.2) is 23.8 Å². The summed E-state index contributed by atoms with van der Waals surface area (Å²) in [4.78, 5) is 0. The van der Waals surface area contributed by atoms with Crippen LogP contribution < -0.4 is 4.74 Å². The van der Waals surface area contributed by atoms with Crippen molar-refractivity contribution in [1.29, 1.82) is 0 Å². The van der Waals surface area contributed by atoms with E-state index in [9.17, 15) is 5.11 Å². The van der Waals surface area contributed by atoms with Gasteiger partial charge in [0.05, 0.1) is 6.10 Å². The van der Waals surface area contributed by atoms with Crippen molar-refractivity contribution in [1.82, 2.24) is 0 Å². The van der Waals surface area contributed by atoms with E-state index >= 15 is 0 Å². The van der Waals surface area contributed by atoms with Gasteiger partial charge in [-0.15, -0.1) is 0 Å². The van der Waals surface area contributed by atoms with Gasteiger partial charge in [0.15, 0.2) is 0 Å². The van der Waals surface area contributed by atoms with Crippen LogP contribution >= 0.6 is 0 Å². The van der Waals surface area contributed by atoms with Crippen LogP contribution in [0.4, 0.5) is 0 Å². The third kappa shape index (κ3) is 5.29. The smallest absolute Gasteiger partial charge is 0.126 e. The Bertz CT molecular complexity index is 596. The highest BCUT2D eigenvalue weighted by atomic mass is 16.5. The van der Waals surface area contributed by atoms with Crippen molar-refractivity contribution < 1.29 is 9.84 Å². The second-order valence-electron chi connectivity index (χ2n) is 8.75. The fourth-order valence-electron chi connectivity index (χ4n) is 3.74. The summed E-state index contributed by atoms with van der Waals surface area (Å²) in [6.45, 7) is 13.5. The number of ether oxygens (including phenoxy) is 1. The third-order valence-electron chi connectivity index (χ3n) is 4.87. The first-order chi connectivity index (χ1) is 11.2. The zero-order valence-electron chi connectivity index (χ0n) is 16.3. The lowest BCUT2D eigenvalue weighted by atomic mass is 9.80. The minimum absolute atomic E-state index is 0.241. The first-order valence-electron chi connectivity index (χ1n) is 9.31. The number of hydrogen-bond donors (Lipinski definition) is 1. The number of allylic oxidation sites excluding steroid dienone is 2. The highest BCUT2D eigenvalue weighted by Gasteiger charge is 2.28. The van der Waals surface area contributed by atoms with Gasteiger partial charge in [0.25, 0.3) is 0 Å². The van der Waals surface area contributed by atoms with Crippen LogP contribution in [-0.4, -0.2) is 11.2 Å². The number of phenolic OH excluding ortho intramolecular Hbond substituents is 1. The van der Waals surface area contributed by atoms with Crippen molar-refractivity contribution in [3.05, 3.63) is 34.9 Å². The van der Waals surface area contributed by atoms with Gasteiger partial charge in [-0.25, -0.2) is 0 Å². The first-order valence-corrected chi connectivity index (χ1v) is 9.31. The minimum Gasteiger partial charge on any atom is -0.508 e. The Hall–Kier alpha value is -1.44. The molecule has 1 aromatic rings.